The third kappa shape index (κ3) is 2.87. The summed E-state index contributed by atoms with van der Waals surface area (Å²) in [6.45, 7) is -0.0501. The van der Waals surface area contributed by atoms with E-state index in [1.54, 1.807) is 36.4 Å². The SMILES string of the molecule is COC(=O)c1cccc2nn(-c3ccc4c(OCCO)nccc4c3O)nc12. The van der Waals surface area contributed by atoms with Crippen LogP contribution in [-0.2, 0) is 4.74 Å². The van der Waals surface area contributed by atoms with E-state index in [0.717, 1.165) is 0 Å². The normalized spacial score (nSPS) is 11.1. The van der Waals surface area contributed by atoms with E-state index in [1.165, 1.54) is 18.1 Å². The molecule has 9 heteroatoms. The lowest BCUT2D eigenvalue weighted by atomic mass is 10.1. The molecule has 4 aromatic rings. The monoisotopic (exact) mass is 380 g/mol. The third-order valence-corrected chi connectivity index (χ3v) is 4.22. The number of aromatic hydroxyl groups is 1. The van der Waals surface area contributed by atoms with Gasteiger partial charge in [0, 0.05) is 17.0 Å². The number of pyridine rings is 1. The van der Waals surface area contributed by atoms with Gasteiger partial charge in [-0.2, -0.15) is 0 Å². The molecule has 2 heterocycles. The highest BCUT2D eigenvalue weighted by molar-refractivity contribution is 6.01. The number of benzene rings is 2. The number of ether oxygens (including phenoxy) is 2. The van der Waals surface area contributed by atoms with Gasteiger partial charge < -0.3 is 19.7 Å². The van der Waals surface area contributed by atoms with Crippen LogP contribution in [0.1, 0.15) is 10.4 Å². The number of aliphatic hydroxyl groups is 1. The highest BCUT2D eigenvalue weighted by Crippen LogP contribution is 2.34. The van der Waals surface area contributed by atoms with E-state index >= 15 is 0 Å². The van der Waals surface area contributed by atoms with Gasteiger partial charge in [-0.3, -0.25) is 0 Å². The van der Waals surface area contributed by atoms with Gasteiger partial charge in [0.15, 0.2) is 5.75 Å². The molecule has 0 amide bonds. The van der Waals surface area contributed by atoms with Gasteiger partial charge in [-0.15, -0.1) is 15.0 Å². The van der Waals surface area contributed by atoms with Crippen LogP contribution < -0.4 is 4.74 Å². The minimum Gasteiger partial charge on any atom is -0.505 e. The number of esters is 1. The summed E-state index contributed by atoms with van der Waals surface area (Å²) in [7, 11) is 1.30. The molecule has 0 aliphatic carbocycles. The Bertz CT molecular complexity index is 1190. The average Bonchev–Trinajstić information content (AvgIpc) is 3.16. The summed E-state index contributed by atoms with van der Waals surface area (Å²) in [6, 6.07) is 9.99. The lowest BCUT2D eigenvalue weighted by Gasteiger charge is -2.10. The third-order valence-electron chi connectivity index (χ3n) is 4.22. The molecule has 0 radical (unpaired) electrons. The van der Waals surface area contributed by atoms with Gasteiger partial charge >= 0.3 is 5.97 Å². The van der Waals surface area contributed by atoms with E-state index in [0.29, 0.717) is 33.4 Å². The van der Waals surface area contributed by atoms with Crippen molar-refractivity contribution in [2.75, 3.05) is 20.3 Å². The predicted molar refractivity (Wildman–Crippen MR) is 99.8 cm³/mol. The maximum absolute atomic E-state index is 12.0. The first-order chi connectivity index (χ1) is 13.6. The number of aromatic nitrogens is 4. The zero-order chi connectivity index (χ0) is 19.7. The van der Waals surface area contributed by atoms with Gasteiger partial charge in [0.2, 0.25) is 5.88 Å². The number of carbonyl (C=O) groups is 1. The van der Waals surface area contributed by atoms with Crippen LogP contribution in [0.4, 0.5) is 0 Å². The van der Waals surface area contributed by atoms with Gasteiger partial charge in [0.25, 0.3) is 0 Å². The van der Waals surface area contributed by atoms with Gasteiger partial charge in [0.05, 0.1) is 19.3 Å². The van der Waals surface area contributed by atoms with Crippen LogP contribution in [0.25, 0.3) is 27.5 Å². The van der Waals surface area contributed by atoms with Crippen molar-refractivity contribution in [2.24, 2.45) is 0 Å². The highest BCUT2D eigenvalue weighted by atomic mass is 16.5. The summed E-state index contributed by atoms with van der Waals surface area (Å²) in [5, 5.41) is 29.5. The Morgan fingerprint density at radius 2 is 2.00 bits per heavy atom. The first-order valence-electron chi connectivity index (χ1n) is 8.43. The van der Waals surface area contributed by atoms with Crippen molar-refractivity contribution in [1.82, 2.24) is 20.0 Å². The Labute approximate surface area is 158 Å². The fraction of sp³-hybridized carbons (Fsp3) is 0.158. The Morgan fingerprint density at radius 3 is 2.79 bits per heavy atom. The van der Waals surface area contributed by atoms with Crippen LogP contribution >= 0.6 is 0 Å². The molecule has 142 valence electrons. The Kier molecular flexibility index (Phi) is 4.50. The van der Waals surface area contributed by atoms with Crippen molar-refractivity contribution in [3.63, 3.8) is 0 Å². The number of carbonyl (C=O) groups excluding carboxylic acids is 1. The second-order valence-corrected chi connectivity index (χ2v) is 5.87. The molecule has 0 saturated heterocycles. The highest BCUT2D eigenvalue weighted by Gasteiger charge is 2.18. The summed E-state index contributed by atoms with van der Waals surface area (Å²) >= 11 is 0. The number of hydrogen-bond donors (Lipinski definition) is 2. The molecule has 28 heavy (non-hydrogen) atoms. The summed E-state index contributed by atoms with van der Waals surface area (Å²) in [5.41, 5.74) is 1.48. The molecule has 9 nitrogen and oxygen atoms in total. The average molecular weight is 380 g/mol. The van der Waals surface area contributed by atoms with Crippen molar-refractivity contribution in [2.45, 2.75) is 0 Å². The van der Waals surface area contributed by atoms with E-state index in [1.807, 2.05) is 0 Å². The second kappa shape index (κ2) is 7.12. The summed E-state index contributed by atoms with van der Waals surface area (Å²) in [6.07, 6.45) is 1.50. The molecule has 0 atom stereocenters. The van der Waals surface area contributed by atoms with Gasteiger partial charge in [-0.05, 0) is 30.3 Å². The van der Waals surface area contributed by atoms with Gasteiger partial charge in [-0.25, -0.2) is 9.78 Å². The number of rotatable bonds is 5. The maximum Gasteiger partial charge on any atom is 0.340 e. The number of methoxy groups -OCH3 is 1. The molecule has 0 spiro atoms. The zero-order valence-corrected chi connectivity index (χ0v) is 14.9. The molecule has 2 N–H and O–H groups in total. The van der Waals surface area contributed by atoms with Crippen LogP contribution in [0.3, 0.4) is 0 Å². The van der Waals surface area contributed by atoms with E-state index in [4.69, 9.17) is 14.6 Å². The summed E-state index contributed by atoms with van der Waals surface area (Å²) in [4.78, 5) is 17.3. The lowest BCUT2D eigenvalue weighted by molar-refractivity contribution is 0.0602. The quantitative estimate of drug-likeness (QED) is 0.503. The number of phenols is 1. The Balaban J connectivity index is 1.85. The Hall–Kier alpha value is -3.72. The van der Waals surface area contributed by atoms with E-state index in [-0.39, 0.29) is 24.5 Å². The lowest BCUT2D eigenvalue weighted by Crippen LogP contribution is -2.04. The molecule has 0 saturated carbocycles. The van der Waals surface area contributed by atoms with Gasteiger partial charge in [-0.1, -0.05) is 6.07 Å². The van der Waals surface area contributed by atoms with Crippen LogP contribution in [0.5, 0.6) is 11.6 Å². The smallest absolute Gasteiger partial charge is 0.340 e. The van der Waals surface area contributed by atoms with Crippen LogP contribution in [-0.4, -0.2) is 56.5 Å². The number of phenolic OH excluding ortho intramolecular Hbond substituents is 1. The van der Waals surface area contributed by atoms with Gasteiger partial charge in [0.1, 0.15) is 23.3 Å². The molecular formula is C19H16N4O5. The predicted octanol–water partition coefficient (Wildman–Crippen LogP) is 1.83. The van der Waals surface area contributed by atoms with Crippen LogP contribution in [0.2, 0.25) is 0 Å². The first kappa shape index (κ1) is 17.7. The van der Waals surface area contributed by atoms with Crippen molar-refractivity contribution >= 4 is 27.8 Å². The molecule has 2 aromatic carbocycles. The Morgan fingerprint density at radius 1 is 1.14 bits per heavy atom. The number of fused-ring (bicyclic) bond motifs is 2. The van der Waals surface area contributed by atoms with E-state index < -0.39 is 5.97 Å². The maximum atomic E-state index is 12.0. The van der Waals surface area contributed by atoms with Crippen molar-refractivity contribution in [3.8, 4) is 17.3 Å². The second-order valence-electron chi connectivity index (χ2n) is 5.87. The zero-order valence-electron chi connectivity index (χ0n) is 14.9. The molecule has 0 fully saturated rings. The molecule has 0 unspecified atom stereocenters. The molecule has 0 aliphatic heterocycles. The summed E-state index contributed by atoms with van der Waals surface area (Å²) in [5.74, 6) is -0.272. The topological polar surface area (TPSA) is 120 Å². The molecule has 2 aromatic heterocycles. The molecule has 4 rings (SSSR count). The standard InChI is InChI=1S/C19H16N4O5/c1-27-19(26)13-3-2-4-14-16(13)22-23(21-14)15-6-5-12-11(17(15)25)7-8-20-18(12)28-10-9-24/h2-8,24-25H,9-10H2,1H3. The minimum absolute atomic E-state index is 0.0614. The summed E-state index contributed by atoms with van der Waals surface area (Å²) < 4.78 is 10.2. The van der Waals surface area contributed by atoms with Crippen molar-refractivity contribution in [1.29, 1.82) is 0 Å². The molecular weight excluding hydrogens is 364 g/mol. The largest absolute Gasteiger partial charge is 0.505 e. The van der Waals surface area contributed by atoms with E-state index in [2.05, 4.69) is 15.2 Å². The first-order valence-corrected chi connectivity index (χ1v) is 8.43. The van der Waals surface area contributed by atoms with Crippen LogP contribution in [0, 0.1) is 0 Å². The number of aliphatic hydroxyl groups excluding tert-OH is 1. The van der Waals surface area contributed by atoms with Crippen molar-refractivity contribution < 1.29 is 24.5 Å². The van der Waals surface area contributed by atoms with Crippen LogP contribution in [0.15, 0.2) is 42.6 Å². The molecule has 0 bridgehead atoms. The van der Waals surface area contributed by atoms with Crippen molar-refractivity contribution in [3.05, 3.63) is 48.2 Å². The molecule has 0 aliphatic rings. The fourth-order valence-electron chi connectivity index (χ4n) is 2.94. The van der Waals surface area contributed by atoms with E-state index in [9.17, 15) is 9.90 Å². The minimum atomic E-state index is -0.517. The number of nitrogens with zero attached hydrogens (tertiary/aromatic N) is 4. The number of hydrogen-bond acceptors (Lipinski definition) is 8. The fourth-order valence-corrected chi connectivity index (χ4v) is 2.94.